The summed E-state index contributed by atoms with van der Waals surface area (Å²) in [6.45, 7) is 4.02. The molecular formula is C16H23FN2O. The smallest absolute Gasteiger partial charge is 0.146 e. The molecule has 0 unspecified atom stereocenters. The lowest BCUT2D eigenvalue weighted by molar-refractivity contribution is 0.0350. The number of nitrogens with zero attached hydrogens (tertiary/aromatic N) is 1. The second kappa shape index (κ2) is 5.34. The minimum absolute atomic E-state index is 0.151. The summed E-state index contributed by atoms with van der Waals surface area (Å²) in [5.74, 6) is -0.151. The van der Waals surface area contributed by atoms with E-state index in [-0.39, 0.29) is 5.82 Å². The standard InChI is InChI=1S/C16H23FN2O/c1-16(20)6-8-19(9-7-16)15-5-2-12(10-14(15)17)11-18-13-3-4-13/h2,5,10,13,18,20H,3-4,6-9,11H2,1H3. The molecule has 0 radical (unpaired) electrons. The average molecular weight is 278 g/mol. The fourth-order valence-corrected chi connectivity index (χ4v) is 2.70. The molecule has 0 amide bonds. The van der Waals surface area contributed by atoms with Crippen molar-refractivity contribution >= 4 is 5.69 Å². The fraction of sp³-hybridized carbons (Fsp3) is 0.625. The Morgan fingerprint density at radius 2 is 2.05 bits per heavy atom. The Bertz CT molecular complexity index is 475. The van der Waals surface area contributed by atoms with Crippen molar-refractivity contribution < 1.29 is 9.50 Å². The van der Waals surface area contributed by atoms with Crippen LogP contribution in [-0.2, 0) is 6.54 Å². The van der Waals surface area contributed by atoms with Gasteiger partial charge in [0.1, 0.15) is 5.82 Å². The molecule has 0 aromatic heterocycles. The van der Waals surface area contributed by atoms with Crippen LogP contribution in [0.1, 0.15) is 38.2 Å². The highest BCUT2D eigenvalue weighted by Crippen LogP contribution is 2.28. The number of benzene rings is 1. The normalized spacial score (nSPS) is 22.1. The van der Waals surface area contributed by atoms with Gasteiger partial charge in [-0.25, -0.2) is 4.39 Å². The monoisotopic (exact) mass is 278 g/mol. The third-order valence-corrected chi connectivity index (χ3v) is 4.37. The highest BCUT2D eigenvalue weighted by Gasteiger charge is 2.28. The third-order valence-electron chi connectivity index (χ3n) is 4.37. The van der Waals surface area contributed by atoms with E-state index < -0.39 is 5.60 Å². The van der Waals surface area contributed by atoms with Gasteiger partial charge >= 0.3 is 0 Å². The van der Waals surface area contributed by atoms with Crippen LogP contribution in [0.3, 0.4) is 0 Å². The molecule has 3 rings (SSSR count). The molecule has 1 heterocycles. The minimum atomic E-state index is -0.596. The lowest BCUT2D eigenvalue weighted by Crippen LogP contribution is -2.42. The zero-order valence-electron chi connectivity index (χ0n) is 12.0. The van der Waals surface area contributed by atoms with Crippen molar-refractivity contribution in [1.82, 2.24) is 5.32 Å². The van der Waals surface area contributed by atoms with Crippen LogP contribution in [0.2, 0.25) is 0 Å². The number of nitrogens with one attached hydrogen (secondary N) is 1. The average Bonchev–Trinajstić information content (AvgIpc) is 3.21. The Hall–Kier alpha value is -1.13. The van der Waals surface area contributed by atoms with Crippen molar-refractivity contribution in [3.8, 4) is 0 Å². The molecule has 2 N–H and O–H groups in total. The van der Waals surface area contributed by atoms with Crippen molar-refractivity contribution in [2.24, 2.45) is 0 Å². The van der Waals surface area contributed by atoms with Crippen LogP contribution in [0.15, 0.2) is 18.2 Å². The molecule has 0 bridgehead atoms. The predicted molar refractivity (Wildman–Crippen MR) is 78.3 cm³/mol. The SMILES string of the molecule is CC1(O)CCN(c2ccc(CNC3CC3)cc2F)CC1. The summed E-state index contributed by atoms with van der Waals surface area (Å²) in [6, 6.07) is 6.15. The van der Waals surface area contributed by atoms with Gasteiger partial charge in [0.15, 0.2) is 0 Å². The van der Waals surface area contributed by atoms with E-state index >= 15 is 0 Å². The maximum absolute atomic E-state index is 14.2. The molecule has 110 valence electrons. The van der Waals surface area contributed by atoms with E-state index in [0.717, 1.165) is 12.1 Å². The summed E-state index contributed by atoms with van der Waals surface area (Å²) in [6.07, 6.45) is 3.87. The van der Waals surface area contributed by atoms with Gasteiger partial charge in [-0.15, -0.1) is 0 Å². The molecule has 4 heteroatoms. The zero-order chi connectivity index (χ0) is 14.2. The van der Waals surface area contributed by atoms with E-state index in [2.05, 4.69) is 5.32 Å². The van der Waals surface area contributed by atoms with Crippen LogP contribution < -0.4 is 10.2 Å². The van der Waals surface area contributed by atoms with Crippen LogP contribution in [0, 0.1) is 5.82 Å². The third kappa shape index (κ3) is 3.30. The molecule has 2 fully saturated rings. The van der Waals surface area contributed by atoms with Gasteiger partial charge in [0, 0.05) is 25.7 Å². The van der Waals surface area contributed by atoms with Gasteiger partial charge in [0.25, 0.3) is 0 Å². The fourth-order valence-electron chi connectivity index (χ4n) is 2.70. The van der Waals surface area contributed by atoms with Crippen LogP contribution in [-0.4, -0.2) is 29.8 Å². The quantitative estimate of drug-likeness (QED) is 0.888. The zero-order valence-corrected chi connectivity index (χ0v) is 12.0. The molecular weight excluding hydrogens is 255 g/mol. The highest BCUT2D eigenvalue weighted by atomic mass is 19.1. The van der Waals surface area contributed by atoms with Crippen molar-refractivity contribution in [1.29, 1.82) is 0 Å². The van der Waals surface area contributed by atoms with Crippen molar-refractivity contribution in [3.63, 3.8) is 0 Å². The first-order valence-electron chi connectivity index (χ1n) is 7.53. The molecule has 2 aliphatic rings. The maximum atomic E-state index is 14.2. The summed E-state index contributed by atoms with van der Waals surface area (Å²) in [4.78, 5) is 2.03. The first-order valence-corrected chi connectivity index (χ1v) is 7.53. The molecule has 20 heavy (non-hydrogen) atoms. The molecule has 3 nitrogen and oxygen atoms in total. The van der Waals surface area contributed by atoms with E-state index in [4.69, 9.17) is 0 Å². The largest absolute Gasteiger partial charge is 0.390 e. The summed E-state index contributed by atoms with van der Waals surface area (Å²) in [5.41, 5.74) is 1.07. The number of halogens is 1. The van der Waals surface area contributed by atoms with Gasteiger partial charge in [0.05, 0.1) is 11.3 Å². The Labute approximate surface area is 119 Å². The first-order chi connectivity index (χ1) is 9.53. The molecule has 0 spiro atoms. The lowest BCUT2D eigenvalue weighted by Gasteiger charge is -2.37. The molecule has 1 aromatic carbocycles. The summed E-state index contributed by atoms with van der Waals surface area (Å²) in [7, 11) is 0. The minimum Gasteiger partial charge on any atom is -0.390 e. The predicted octanol–water partition coefficient (Wildman–Crippen LogP) is 2.43. The molecule has 1 saturated carbocycles. The van der Waals surface area contributed by atoms with E-state index in [9.17, 15) is 9.50 Å². The molecule has 1 aromatic rings. The highest BCUT2D eigenvalue weighted by molar-refractivity contribution is 5.49. The first kappa shape index (κ1) is 13.8. The van der Waals surface area contributed by atoms with Crippen molar-refractivity contribution in [2.75, 3.05) is 18.0 Å². The summed E-state index contributed by atoms with van der Waals surface area (Å²) in [5, 5.41) is 13.3. The van der Waals surface area contributed by atoms with Gasteiger partial charge in [-0.2, -0.15) is 0 Å². The maximum Gasteiger partial charge on any atom is 0.146 e. The van der Waals surface area contributed by atoms with Crippen LogP contribution in [0.25, 0.3) is 0 Å². The second-order valence-electron chi connectivity index (χ2n) is 6.42. The Kier molecular flexibility index (Phi) is 3.69. The van der Waals surface area contributed by atoms with Crippen LogP contribution in [0.5, 0.6) is 0 Å². The molecule has 1 saturated heterocycles. The number of piperidine rings is 1. The van der Waals surface area contributed by atoms with Gasteiger partial charge < -0.3 is 15.3 Å². The lowest BCUT2D eigenvalue weighted by atomic mass is 9.93. The van der Waals surface area contributed by atoms with Gasteiger partial charge in [-0.05, 0) is 50.3 Å². The summed E-state index contributed by atoms with van der Waals surface area (Å²) >= 11 is 0. The second-order valence-corrected chi connectivity index (χ2v) is 6.42. The van der Waals surface area contributed by atoms with E-state index in [1.165, 1.54) is 12.8 Å². The number of hydrogen-bond donors (Lipinski definition) is 2. The number of aliphatic hydroxyl groups is 1. The van der Waals surface area contributed by atoms with E-state index in [1.54, 1.807) is 6.07 Å². The van der Waals surface area contributed by atoms with E-state index in [1.807, 2.05) is 24.0 Å². The Morgan fingerprint density at radius 1 is 1.35 bits per heavy atom. The topological polar surface area (TPSA) is 35.5 Å². The van der Waals surface area contributed by atoms with Crippen LogP contribution in [0.4, 0.5) is 10.1 Å². The van der Waals surface area contributed by atoms with Gasteiger partial charge in [0.2, 0.25) is 0 Å². The van der Waals surface area contributed by atoms with Crippen LogP contribution >= 0.6 is 0 Å². The van der Waals surface area contributed by atoms with Gasteiger partial charge in [-0.1, -0.05) is 6.07 Å². The number of anilines is 1. The van der Waals surface area contributed by atoms with E-state index in [0.29, 0.717) is 37.7 Å². The van der Waals surface area contributed by atoms with Crippen molar-refractivity contribution in [2.45, 2.75) is 50.8 Å². The molecule has 1 aliphatic heterocycles. The molecule has 0 atom stereocenters. The van der Waals surface area contributed by atoms with Crippen molar-refractivity contribution in [3.05, 3.63) is 29.6 Å². The number of rotatable bonds is 4. The Balaban J connectivity index is 1.64. The molecule has 1 aliphatic carbocycles. The summed E-state index contributed by atoms with van der Waals surface area (Å²) < 4.78 is 14.2. The Morgan fingerprint density at radius 3 is 2.65 bits per heavy atom. The van der Waals surface area contributed by atoms with Gasteiger partial charge in [-0.3, -0.25) is 0 Å². The number of hydrogen-bond acceptors (Lipinski definition) is 3.